The van der Waals surface area contributed by atoms with E-state index in [0.717, 1.165) is 18.8 Å². The minimum atomic E-state index is -0.131. The van der Waals surface area contributed by atoms with Crippen LogP contribution in [0.25, 0.3) is 0 Å². The van der Waals surface area contributed by atoms with Gasteiger partial charge in [-0.2, -0.15) is 0 Å². The lowest BCUT2D eigenvalue weighted by Crippen LogP contribution is -2.53. The van der Waals surface area contributed by atoms with Crippen molar-refractivity contribution in [2.45, 2.75) is 57.5 Å². The van der Waals surface area contributed by atoms with E-state index in [1.165, 1.54) is 43.9 Å². The van der Waals surface area contributed by atoms with Gasteiger partial charge >= 0.3 is 0 Å². The summed E-state index contributed by atoms with van der Waals surface area (Å²) in [6, 6.07) is 0.362. The molecular formula is C15H21N3O2S. The molecule has 3 atom stereocenters. The first-order valence-electron chi connectivity index (χ1n) is 7.67. The second-order valence-corrected chi connectivity index (χ2v) is 6.89. The van der Waals surface area contributed by atoms with Gasteiger partial charge in [0.2, 0.25) is 5.91 Å². The van der Waals surface area contributed by atoms with Crippen LogP contribution in [-0.4, -0.2) is 28.8 Å². The van der Waals surface area contributed by atoms with E-state index in [2.05, 4.69) is 15.6 Å². The number of carbonyl (C=O) groups excluding carboxylic acids is 2. The first kappa shape index (κ1) is 14.7. The predicted molar refractivity (Wildman–Crippen MR) is 82.7 cm³/mol. The number of nitrogens with one attached hydrogen (secondary N) is 2. The normalized spacial score (nSPS) is 28.7. The van der Waals surface area contributed by atoms with Gasteiger partial charge < -0.3 is 10.6 Å². The van der Waals surface area contributed by atoms with Crippen LogP contribution < -0.4 is 10.6 Å². The monoisotopic (exact) mass is 307 g/mol. The summed E-state index contributed by atoms with van der Waals surface area (Å²) in [5.74, 6) is 0.642. The van der Waals surface area contributed by atoms with Crippen molar-refractivity contribution in [3.05, 3.63) is 11.1 Å². The van der Waals surface area contributed by atoms with Crippen LogP contribution in [0.3, 0.4) is 0 Å². The quantitative estimate of drug-likeness (QED) is 0.842. The Hall–Kier alpha value is -1.27. The standard InChI is InChI=1S/C15H21N3O2S/c1-9(19)13-8-21-15(17-13)18-14(20)12-7-6-10-4-2-3-5-11(10)16-12/h8,10-12,16H,2-7H2,1H3,(H,17,18,20). The van der Waals surface area contributed by atoms with Crippen LogP contribution in [0.15, 0.2) is 5.38 Å². The third-order valence-electron chi connectivity index (χ3n) is 4.56. The summed E-state index contributed by atoms with van der Waals surface area (Å²) in [5.41, 5.74) is 0.416. The molecule has 1 saturated heterocycles. The lowest BCUT2D eigenvalue weighted by Gasteiger charge is -2.39. The molecule has 0 spiro atoms. The van der Waals surface area contributed by atoms with Gasteiger partial charge in [-0.05, 0) is 31.6 Å². The number of rotatable bonds is 3. The number of thiazole rings is 1. The fourth-order valence-electron chi connectivity index (χ4n) is 3.39. The summed E-state index contributed by atoms with van der Waals surface area (Å²) in [6.07, 6.45) is 7.08. The number of piperidine rings is 1. The maximum atomic E-state index is 12.3. The summed E-state index contributed by atoms with van der Waals surface area (Å²) in [6.45, 7) is 1.48. The molecule has 114 valence electrons. The zero-order valence-electron chi connectivity index (χ0n) is 12.2. The van der Waals surface area contributed by atoms with Crippen molar-refractivity contribution in [2.24, 2.45) is 5.92 Å². The van der Waals surface area contributed by atoms with Gasteiger partial charge in [0.1, 0.15) is 5.69 Å². The molecule has 0 radical (unpaired) electrons. The van der Waals surface area contributed by atoms with Crippen LogP contribution in [0.5, 0.6) is 0 Å². The molecule has 1 aliphatic carbocycles. The molecule has 1 amide bonds. The SMILES string of the molecule is CC(=O)c1csc(NC(=O)C2CCC3CCCCC3N2)n1. The lowest BCUT2D eigenvalue weighted by molar-refractivity contribution is -0.119. The maximum absolute atomic E-state index is 12.3. The van der Waals surface area contributed by atoms with Crippen LogP contribution in [0, 0.1) is 5.92 Å². The molecule has 1 aromatic heterocycles. The zero-order valence-corrected chi connectivity index (χ0v) is 13.0. The van der Waals surface area contributed by atoms with Gasteiger partial charge in [-0.25, -0.2) is 4.98 Å². The molecule has 0 bridgehead atoms. The number of hydrogen-bond acceptors (Lipinski definition) is 5. The predicted octanol–water partition coefficient (Wildman–Crippen LogP) is 2.60. The Balaban J connectivity index is 1.58. The number of amides is 1. The van der Waals surface area contributed by atoms with E-state index in [0.29, 0.717) is 16.9 Å². The van der Waals surface area contributed by atoms with E-state index in [4.69, 9.17) is 0 Å². The third-order valence-corrected chi connectivity index (χ3v) is 5.32. The molecule has 0 aromatic carbocycles. The highest BCUT2D eigenvalue weighted by atomic mass is 32.1. The van der Waals surface area contributed by atoms with E-state index in [9.17, 15) is 9.59 Å². The number of hydrogen-bond donors (Lipinski definition) is 2. The van der Waals surface area contributed by atoms with Gasteiger partial charge in [0.25, 0.3) is 0 Å². The minimum Gasteiger partial charge on any atom is -0.303 e. The third kappa shape index (κ3) is 3.32. The fraction of sp³-hybridized carbons (Fsp3) is 0.667. The van der Waals surface area contributed by atoms with Crippen LogP contribution in [0.2, 0.25) is 0 Å². The smallest absolute Gasteiger partial charge is 0.243 e. The molecule has 3 rings (SSSR count). The molecule has 1 aromatic rings. The minimum absolute atomic E-state index is 0.0246. The van der Waals surface area contributed by atoms with Gasteiger partial charge in [0.15, 0.2) is 10.9 Å². The summed E-state index contributed by atoms with van der Waals surface area (Å²) in [4.78, 5) is 27.7. The van der Waals surface area contributed by atoms with Gasteiger partial charge in [0, 0.05) is 18.3 Å². The first-order valence-corrected chi connectivity index (χ1v) is 8.55. The number of anilines is 1. The average Bonchev–Trinajstić information content (AvgIpc) is 2.95. The van der Waals surface area contributed by atoms with Gasteiger partial charge in [0.05, 0.1) is 6.04 Å². The Kier molecular flexibility index (Phi) is 4.35. The highest BCUT2D eigenvalue weighted by Crippen LogP contribution is 2.32. The van der Waals surface area contributed by atoms with Crippen molar-refractivity contribution in [3.8, 4) is 0 Å². The van der Waals surface area contributed by atoms with E-state index >= 15 is 0 Å². The lowest BCUT2D eigenvalue weighted by atomic mass is 9.77. The Morgan fingerprint density at radius 1 is 1.29 bits per heavy atom. The Morgan fingerprint density at radius 2 is 2.10 bits per heavy atom. The largest absolute Gasteiger partial charge is 0.303 e. The van der Waals surface area contributed by atoms with Crippen LogP contribution in [0.4, 0.5) is 5.13 Å². The number of aromatic nitrogens is 1. The Bertz CT molecular complexity index is 543. The van der Waals surface area contributed by atoms with Crippen molar-refractivity contribution < 1.29 is 9.59 Å². The molecule has 2 aliphatic rings. The van der Waals surface area contributed by atoms with E-state index < -0.39 is 0 Å². The molecule has 2 fully saturated rings. The Labute approximate surface area is 128 Å². The first-order chi connectivity index (χ1) is 10.1. The van der Waals surface area contributed by atoms with Gasteiger partial charge in [-0.3, -0.25) is 9.59 Å². The number of fused-ring (bicyclic) bond motifs is 1. The second kappa shape index (κ2) is 6.23. The number of carbonyl (C=O) groups is 2. The number of ketones is 1. The molecule has 21 heavy (non-hydrogen) atoms. The maximum Gasteiger partial charge on any atom is 0.243 e. The summed E-state index contributed by atoms with van der Waals surface area (Å²) >= 11 is 1.30. The van der Waals surface area contributed by atoms with Gasteiger partial charge in [-0.1, -0.05) is 12.8 Å². The van der Waals surface area contributed by atoms with E-state index in [1.807, 2.05) is 0 Å². The van der Waals surface area contributed by atoms with E-state index in [1.54, 1.807) is 5.38 Å². The second-order valence-electron chi connectivity index (χ2n) is 6.03. The van der Waals surface area contributed by atoms with Crippen LogP contribution >= 0.6 is 11.3 Å². The van der Waals surface area contributed by atoms with E-state index in [-0.39, 0.29) is 17.7 Å². The molecule has 3 unspecified atom stereocenters. The topological polar surface area (TPSA) is 71.1 Å². The number of nitrogens with zero attached hydrogens (tertiary/aromatic N) is 1. The summed E-state index contributed by atoms with van der Waals surface area (Å²) < 4.78 is 0. The average molecular weight is 307 g/mol. The van der Waals surface area contributed by atoms with Crippen molar-refractivity contribution >= 4 is 28.2 Å². The summed E-state index contributed by atoms with van der Waals surface area (Å²) in [5, 5.41) is 8.53. The summed E-state index contributed by atoms with van der Waals surface area (Å²) in [7, 11) is 0. The highest BCUT2D eigenvalue weighted by Gasteiger charge is 2.34. The van der Waals surface area contributed by atoms with Crippen molar-refractivity contribution in [2.75, 3.05) is 5.32 Å². The molecule has 2 heterocycles. The zero-order chi connectivity index (χ0) is 14.8. The molecule has 1 aliphatic heterocycles. The van der Waals surface area contributed by atoms with Gasteiger partial charge in [-0.15, -0.1) is 11.3 Å². The molecule has 6 heteroatoms. The van der Waals surface area contributed by atoms with Crippen molar-refractivity contribution in [3.63, 3.8) is 0 Å². The number of Topliss-reactive ketones (excluding diaryl/α,β-unsaturated/α-hetero) is 1. The molecular weight excluding hydrogens is 286 g/mol. The molecule has 5 nitrogen and oxygen atoms in total. The van der Waals surface area contributed by atoms with Crippen LogP contribution in [-0.2, 0) is 4.79 Å². The fourth-order valence-corrected chi connectivity index (χ4v) is 4.14. The van der Waals surface area contributed by atoms with Crippen molar-refractivity contribution in [1.29, 1.82) is 0 Å². The molecule has 2 N–H and O–H groups in total. The van der Waals surface area contributed by atoms with Crippen LogP contribution in [0.1, 0.15) is 55.9 Å². The molecule has 1 saturated carbocycles. The van der Waals surface area contributed by atoms with Crippen molar-refractivity contribution in [1.82, 2.24) is 10.3 Å². The Morgan fingerprint density at radius 3 is 2.86 bits per heavy atom. The highest BCUT2D eigenvalue weighted by molar-refractivity contribution is 7.14.